The van der Waals surface area contributed by atoms with Crippen LogP contribution in [-0.2, 0) is 16.0 Å². The minimum Gasteiger partial charge on any atom is -0.496 e. The zero-order valence-corrected chi connectivity index (χ0v) is 15.4. The van der Waals surface area contributed by atoms with Gasteiger partial charge in [-0.25, -0.2) is 9.78 Å². The molecule has 1 aromatic heterocycles. The Kier molecular flexibility index (Phi) is 6.73. The Morgan fingerprint density at radius 3 is 2.59 bits per heavy atom. The average molecular weight is 373 g/mol. The van der Waals surface area contributed by atoms with Crippen molar-refractivity contribution in [3.8, 4) is 5.75 Å². The lowest BCUT2D eigenvalue weighted by Crippen LogP contribution is -2.37. The summed E-state index contributed by atoms with van der Waals surface area (Å²) in [4.78, 5) is 27.7. The first-order valence-electron chi connectivity index (χ1n) is 8.30. The Morgan fingerprint density at radius 2 is 2.00 bits per heavy atom. The molecule has 8 heteroatoms. The van der Waals surface area contributed by atoms with Gasteiger partial charge in [0.25, 0.3) is 5.91 Å². The molecule has 1 amide bonds. The largest absolute Gasteiger partial charge is 0.496 e. The van der Waals surface area contributed by atoms with Crippen LogP contribution in [0.5, 0.6) is 5.75 Å². The molecular weight excluding hydrogens is 350 g/mol. The molecule has 0 aliphatic heterocycles. The van der Waals surface area contributed by atoms with Gasteiger partial charge in [-0.2, -0.15) is 0 Å². The summed E-state index contributed by atoms with van der Waals surface area (Å²) in [6, 6.07) is 7.74. The van der Waals surface area contributed by atoms with Gasteiger partial charge in [0.2, 0.25) is 0 Å². The molecular formula is C19H23N3O5. The molecule has 0 saturated carbocycles. The maximum atomic E-state index is 12.3. The number of aliphatic hydroxyl groups excluding tert-OH is 1. The van der Waals surface area contributed by atoms with Crippen LogP contribution in [-0.4, -0.2) is 42.2 Å². The Balaban J connectivity index is 2.04. The molecule has 2 aromatic rings. The van der Waals surface area contributed by atoms with E-state index in [2.05, 4.69) is 10.3 Å². The summed E-state index contributed by atoms with van der Waals surface area (Å²) in [5, 5.41) is 12.9. The Bertz CT molecular complexity index is 807. The first kappa shape index (κ1) is 20.2. The molecule has 0 aliphatic carbocycles. The van der Waals surface area contributed by atoms with Crippen molar-refractivity contribution in [1.29, 1.82) is 0 Å². The first-order chi connectivity index (χ1) is 12.8. The van der Waals surface area contributed by atoms with E-state index in [4.69, 9.17) is 15.2 Å². The smallest absolute Gasteiger partial charge is 0.337 e. The number of amides is 1. The number of ether oxygens (including phenoxy) is 2. The van der Waals surface area contributed by atoms with Gasteiger partial charge in [-0.15, -0.1) is 0 Å². The van der Waals surface area contributed by atoms with Crippen molar-refractivity contribution in [2.24, 2.45) is 0 Å². The van der Waals surface area contributed by atoms with E-state index in [1.54, 1.807) is 31.2 Å². The normalized spacial score (nSPS) is 12.7. The van der Waals surface area contributed by atoms with Crippen LogP contribution in [0, 0.1) is 0 Å². The lowest BCUT2D eigenvalue weighted by molar-refractivity contribution is -0.130. The number of benzene rings is 1. The molecule has 2 unspecified atom stereocenters. The monoisotopic (exact) mass is 373 g/mol. The van der Waals surface area contributed by atoms with Crippen molar-refractivity contribution in [3.05, 3.63) is 53.2 Å². The molecule has 0 spiro atoms. The maximum Gasteiger partial charge on any atom is 0.337 e. The number of hydrogen-bond donors (Lipinski definition) is 3. The molecule has 8 nitrogen and oxygen atoms in total. The predicted molar refractivity (Wildman–Crippen MR) is 99.3 cm³/mol. The van der Waals surface area contributed by atoms with Crippen LogP contribution in [0.25, 0.3) is 0 Å². The number of nitrogens with zero attached hydrogens (tertiary/aromatic N) is 1. The van der Waals surface area contributed by atoms with Gasteiger partial charge in [0.15, 0.2) is 6.10 Å². The lowest BCUT2D eigenvalue weighted by Gasteiger charge is -2.18. The molecule has 0 radical (unpaired) electrons. The number of nitrogens with one attached hydrogen (secondary N) is 1. The quantitative estimate of drug-likeness (QED) is 0.624. The molecule has 0 aliphatic rings. The van der Waals surface area contributed by atoms with Crippen molar-refractivity contribution in [2.45, 2.75) is 25.5 Å². The number of rotatable bonds is 7. The van der Waals surface area contributed by atoms with Gasteiger partial charge < -0.3 is 25.6 Å². The summed E-state index contributed by atoms with van der Waals surface area (Å²) in [5.41, 5.74) is 7.04. The van der Waals surface area contributed by atoms with Crippen LogP contribution in [0.1, 0.15) is 34.5 Å². The van der Waals surface area contributed by atoms with Gasteiger partial charge in [-0.05, 0) is 37.1 Å². The summed E-state index contributed by atoms with van der Waals surface area (Å²) < 4.78 is 10.0. The van der Waals surface area contributed by atoms with Crippen molar-refractivity contribution in [2.75, 3.05) is 20.0 Å². The topological polar surface area (TPSA) is 124 Å². The number of hydrogen-bond acceptors (Lipinski definition) is 7. The van der Waals surface area contributed by atoms with E-state index in [-0.39, 0.29) is 6.04 Å². The summed E-state index contributed by atoms with van der Waals surface area (Å²) in [6.07, 6.45) is 0.464. The van der Waals surface area contributed by atoms with E-state index in [1.165, 1.54) is 26.5 Å². The minimum atomic E-state index is -1.34. The Hall–Kier alpha value is -3.13. The van der Waals surface area contributed by atoms with Gasteiger partial charge in [0.1, 0.15) is 11.6 Å². The highest BCUT2D eigenvalue weighted by atomic mass is 16.5. The molecule has 0 saturated heterocycles. The second-order valence-corrected chi connectivity index (χ2v) is 6.05. The number of nitrogen functional groups attached to an aromatic ring is 1. The van der Waals surface area contributed by atoms with Crippen molar-refractivity contribution in [3.63, 3.8) is 0 Å². The zero-order chi connectivity index (χ0) is 20.0. The zero-order valence-electron chi connectivity index (χ0n) is 15.4. The molecule has 0 bridgehead atoms. The van der Waals surface area contributed by atoms with Gasteiger partial charge in [0, 0.05) is 17.8 Å². The summed E-state index contributed by atoms with van der Waals surface area (Å²) in [7, 11) is 2.81. The number of aliphatic hydroxyl groups is 1. The summed E-state index contributed by atoms with van der Waals surface area (Å²) in [6.45, 7) is 1.81. The second-order valence-electron chi connectivity index (χ2n) is 6.05. The SMILES string of the molecule is COC(=O)c1ccc(CC(C)NC(=O)C(O)c2ccc(N)nc2)c(OC)c1. The second kappa shape index (κ2) is 9.00. The number of pyridine rings is 1. The van der Waals surface area contributed by atoms with Crippen LogP contribution in [0.15, 0.2) is 36.5 Å². The molecule has 27 heavy (non-hydrogen) atoms. The first-order valence-corrected chi connectivity index (χ1v) is 8.30. The highest BCUT2D eigenvalue weighted by Gasteiger charge is 2.20. The Labute approximate surface area is 157 Å². The number of esters is 1. The molecule has 4 N–H and O–H groups in total. The van der Waals surface area contributed by atoms with Crippen molar-refractivity contribution >= 4 is 17.7 Å². The lowest BCUT2D eigenvalue weighted by atomic mass is 10.0. The molecule has 144 valence electrons. The molecule has 0 fully saturated rings. The fourth-order valence-corrected chi connectivity index (χ4v) is 2.59. The molecule has 2 atom stereocenters. The molecule has 1 heterocycles. The van der Waals surface area contributed by atoms with Gasteiger partial charge in [0.05, 0.1) is 19.8 Å². The fraction of sp³-hybridized carbons (Fsp3) is 0.316. The Morgan fingerprint density at radius 1 is 1.26 bits per heavy atom. The maximum absolute atomic E-state index is 12.3. The van der Waals surface area contributed by atoms with Crippen LogP contribution >= 0.6 is 0 Å². The number of anilines is 1. The summed E-state index contributed by atoms with van der Waals surface area (Å²) >= 11 is 0. The number of carbonyl (C=O) groups excluding carboxylic acids is 2. The van der Waals surface area contributed by atoms with E-state index < -0.39 is 18.0 Å². The third-order valence-corrected chi connectivity index (χ3v) is 4.00. The molecule has 2 rings (SSSR count). The van der Waals surface area contributed by atoms with Crippen LogP contribution in [0.3, 0.4) is 0 Å². The van der Waals surface area contributed by atoms with Gasteiger partial charge in [-0.1, -0.05) is 12.1 Å². The van der Waals surface area contributed by atoms with E-state index in [1.807, 2.05) is 0 Å². The number of methoxy groups -OCH3 is 2. The van der Waals surface area contributed by atoms with Crippen LogP contribution in [0.4, 0.5) is 5.82 Å². The van der Waals surface area contributed by atoms with E-state index in [9.17, 15) is 14.7 Å². The van der Waals surface area contributed by atoms with E-state index in [0.717, 1.165) is 5.56 Å². The third-order valence-electron chi connectivity index (χ3n) is 4.00. The highest BCUT2D eigenvalue weighted by Crippen LogP contribution is 2.22. The number of nitrogens with two attached hydrogens (primary N) is 1. The standard InChI is InChI=1S/C19H23N3O5/c1-11(22-18(24)17(23)14-6-7-16(20)21-10-14)8-12-4-5-13(19(25)27-3)9-15(12)26-2/h4-7,9-11,17,23H,8H2,1-3H3,(H2,20,21)(H,22,24). The van der Waals surface area contributed by atoms with Crippen LogP contribution in [0.2, 0.25) is 0 Å². The van der Waals surface area contributed by atoms with E-state index in [0.29, 0.717) is 29.1 Å². The van der Waals surface area contributed by atoms with Crippen LogP contribution < -0.4 is 15.8 Å². The van der Waals surface area contributed by atoms with E-state index >= 15 is 0 Å². The number of aromatic nitrogens is 1. The number of carbonyl (C=O) groups is 2. The molecule has 1 aromatic carbocycles. The fourth-order valence-electron chi connectivity index (χ4n) is 2.59. The van der Waals surface area contributed by atoms with Crippen molar-refractivity contribution < 1.29 is 24.2 Å². The van der Waals surface area contributed by atoms with Gasteiger partial charge in [-0.3, -0.25) is 4.79 Å². The minimum absolute atomic E-state index is 0.285. The van der Waals surface area contributed by atoms with Gasteiger partial charge >= 0.3 is 5.97 Å². The van der Waals surface area contributed by atoms with Crippen molar-refractivity contribution in [1.82, 2.24) is 10.3 Å². The highest BCUT2D eigenvalue weighted by molar-refractivity contribution is 5.90. The predicted octanol–water partition coefficient (Wildman–Crippen LogP) is 1.24. The average Bonchev–Trinajstić information content (AvgIpc) is 2.67. The third kappa shape index (κ3) is 5.18. The summed E-state index contributed by atoms with van der Waals surface area (Å²) in [5.74, 6) is -0.176.